The molecule has 3 nitrogen and oxygen atoms in total. The van der Waals surface area contributed by atoms with Crippen LogP contribution in [0.25, 0.3) is 15.5 Å². The van der Waals surface area contributed by atoms with E-state index in [1.165, 1.54) is 0 Å². The van der Waals surface area contributed by atoms with E-state index < -0.39 is 0 Å². The molecule has 0 spiro atoms. The molecule has 3 aromatic heterocycles. The minimum atomic E-state index is 0.959. The third-order valence-corrected chi connectivity index (χ3v) is 2.97. The summed E-state index contributed by atoms with van der Waals surface area (Å²) in [6.45, 7) is 0. The first kappa shape index (κ1) is 7.70. The lowest BCUT2D eigenvalue weighted by atomic mass is 10.5. The zero-order valence-electron chi connectivity index (χ0n) is 7.29. The van der Waals surface area contributed by atoms with Gasteiger partial charge in [0.25, 0.3) is 0 Å². The van der Waals surface area contributed by atoms with Crippen LogP contribution >= 0.6 is 11.3 Å². The highest BCUT2D eigenvalue weighted by Crippen LogP contribution is 2.22. The maximum Gasteiger partial charge on any atom is 0.196 e. The largest absolute Gasteiger partial charge is 0.300 e. The molecular formula is C10H7N3S. The highest BCUT2D eigenvalue weighted by atomic mass is 32.1. The second kappa shape index (κ2) is 2.92. The highest BCUT2D eigenvalue weighted by Gasteiger charge is 2.03. The summed E-state index contributed by atoms with van der Waals surface area (Å²) in [5.41, 5.74) is 0.959. The van der Waals surface area contributed by atoms with Crippen molar-refractivity contribution in [2.45, 2.75) is 0 Å². The van der Waals surface area contributed by atoms with Crippen molar-refractivity contribution in [2.75, 3.05) is 0 Å². The van der Waals surface area contributed by atoms with Gasteiger partial charge in [-0.2, -0.15) is 0 Å². The Kier molecular flexibility index (Phi) is 1.61. The molecule has 0 saturated carbocycles. The Balaban J connectivity index is 2.24. The molecule has 3 heterocycles. The van der Waals surface area contributed by atoms with Crippen molar-refractivity contribution in [3.05, 3.63) is 42.9 Å². The van der Waals surface area contributed by atoms with E-state index >= 15 is 0 Å². The molecule has 3 aromatic rings. The molecule has 0 unspecified atom stereocenters. The molecule has 4 heteroatoms. The first-order chi connectivity index (χ1) is 6.93. The van der Waals surface area contributed by atoms with Crippen LogP contribution in [0, 0.1) is 0 Å². The van der Waals surface area contributed by atoms with Gasteiger partial charge in [-0.15, -0.1) is 0 Å². The van der Waals surface area contributed by atoms with Gasteiger partial charge in [0.05, 0.1) is 0 Å². The number of thiazole rings is 1. The Bertz CT molecular complexity index is 521. The smallest absolute Gasteiger partial charge is 0.196 e. The number of aromatic nitrogens is 3. The van der Waals surface area contributed by atoms with Crippen molar-refractivity contribution in [3.63, 3.8) is 0 Å². The van der Waals surface area contributed by atoms with Gasteiger partial charge in [-0.05, 0) is 24.3 Å². The zero-order valence-corrected chi connectivity index (χ0v) is 8.11. The van der Waals surface area contributed by atoms with E-state index in [0.29, 0.717) is 0 Å². The van der Waals surface area contributed by atoms with Crippen molar-refractivity contribution < 1.29 is 0 Å². The molecule has 3 rings (SSSR count). The van der Waals surface area contributed by atoms with Gasteiger partial charge < -0.3 is 4.57 Å². The van der Waals surface area contributed by atoms with Crippen molar-refractivity contribution in [1.29, 1.82) is 0 Å². The Morgan fingerprint density at radius 1 is 1.14 bits per heavy atom. The fourth-order valence-electron chi connectivity index (χ4n) is 1.33. The fourth-order valence-corrected chi connectivity index (χ4v) is 2.21. The van der Waals surface area contributed by atoms with Crippen molar-refractivity contribution >= 4 is 21.7 Å². The van der Waals surface area contributed by atoms with Crippen LogP contribution < -0.4 is 0 Å². The van der Waals surface area contributed by atoms with Crippen LogP contribution in [-0.2, 0) is 0 Å². The summed E-state index contributed by atoms with van der Waals surface area (Å²) < 4.78 is 1.99. The van der Waals surface area contributed by atoms with E-state index in [0.717, 1.165) is 15.5 Å². The van der Waals surface area contributed by atoms with Crippen LogP contribution in [0.5, 0.6) is 0 Å². The topological polar surface area (TPSA) is 30.7 Å². The van der Waals surface area contributed by atoms with E-state index in [4.69, 9.17) is 0 Å². The Morgan fingerprint density at radius 2 is 2.00 bits per heavy atom. The van der Waals surface area contributed by atoms with Gasteiger partial charge in [0.2, 0.25) is 0 Å². The van der Waals surface area contributed by atoms with E-state index in [2.05, 4.69) is 9.97 Å². The molecule has 0 fully saturated rings. The van der Waals surface area contributed by atoms with Crippen LogP contribution in [-0.4, -0.2) is 14.5 Å². The van der Waals surface area contributed by atoms with Crippen LogP contribution in [0.15, 0.2) is 42.9 Å². The van der Waals surface area contributed by atoms with E-state index in [9.17, 15) is 0 Å². The average Bonchev–Trinajstić information content (AvgIpc) is 2.86. The van der Waals surface area contributed by atoms with Gasteiger partial charge >= 0.3 is 0 Å². The van der Waals surface area contributed by atoms with Gasteiger partial charge in [-0.3, -0.25) is 0 Å². The molecule has 0 N–H and O–H groups in total. The minimum absolute atomic E-state index is 0.959. The number of hydrogen-bond acceptors (Lipinski definition) is 3. The van der Waals surface area contributed by atoms with Crippen molar-refractivity contribution in [3.8, 4) is 5.13 Å². The number of fused-ring (bicyclic) bond motifs is 1. The fraction of sp³-hybridized carbons (Fsp3) is 0. The van der Waals surface area contributed by atoms with Crippen LogP contribution in [0.4, 0.5) is 0 Å². The van der Waals surface area contributed by atoms with E-state index in [-0.39, 0.29) is 0 Å². The highest BCUT2D eigenvalue weighted by molar-refractivity contribution is 7.20. The van der Waals surface area contributed by atoms with E-state index in [1.54, 1.807) is 17.5 Å². The van der Waals surface area contributed by atoms with Crippen molar-refractivity contribution in [2.24, 2.45) is 0 Å². The Hall–Kier alpha value is -1.68. The summed E-state index contributed by atoms with van der Waals surface area (Å²) in [6, 6.07) is 7.85. The molecule has 68 valence electrons. The second-order valence-electron chi connectivity index (χ2n) is 2.91. The molecule has 0 radical (unpaired) electrons. The molecule has 0 saturated heterocycles. The lowest BCUT2D eigenvalue weighted by Gasteiger charge is -1.92. The first-order valence-electron chi connectivity index (χ1n) is 4.28. The number of pyridine rings is 1. The number of hydrogen-bond donors (Lipinski definition) is 0. The molecule has 0 amide bonds. The summed E-state index contributed by atoms with van der Waals surface area (Å²) in [5, 5.41) is 0.962. The molecule has 0 atom stereocenters. The van der Waals surface area contributed by atoms with Gasteiger partial charge in [-0.25, -0.2) is 9.97 Å². The van der Waals surface area contributed by atoms with Crippen molar-refractivity contribution in [1.82, 2.24) is 14.5 Å². The molecule has 0 bridgehead atoms. The summed E-state index contributed by atoms with van der Waals surface area (Å²) >= 11 is 1.60. The summed E-state index contributed by atoms with van der Waals surface area (Å²) in [5.74, 6) is 0. The predicted octanol–water partition coefficient (Wildman–Crippen LogP) is 2.48. The maximum atomic E-state index is 4.47. The molecule has 0 aliphatic rings. The van der Waals surface area contributed by atoms with E-state index in [1.807, 2.05) is 41.2 Å². The monoisotopic (exact) mass is 201 g/mol. The van der Waals surface area contributed by atoms with Gasteiger partial charge in [-0.1, -0.05) is 11.3 Å². The average molecular weight is 201 g/mol. The minimum Gasteiger partial charge on any atom is -0.300 e. The lowest BCUT2D eigenvalue weighted by Crippen LogP contribution is -1.86. The summed E-state index contributed by atoms with van der Waals surface area (Å²) in [4.78, 5) is 9.71. The van der Waals surface area contributed by atoms with Gasteiger partial charge in [0.1, 0.15) is 10.3 Å². The maximum absolute atomic E-state index is 4.47. The third kappa shape index (κ3) is 1.12. The van der Waals surface area contributed by atoms with Crippen LogP contribution in [0.2, 0.25) is 0 Å². The first-order valence-corrected chi connectivity index (χ1v) is 5.10. The van der Waals surface area contributed by atoms with Gasteiger partial charge in [0, 0.05) is 18.6 Å². The second-order valence-corrected chi connectivity index (χ2v) is 3.87. The molecular weight excluding hydrogens is 194 g/mol. The normalized spacial score (nSPS) is 10.9. The SMILES string of the molecule is c1cnc2sc(-n3cccc3)nc2c1. The van der Waals surface area contributed by atoms with Crippen LogP contribution in [0.3, 0.4) is 0 Å². The lowest BCUT2D eigenvalue weighted by molar-refractivity contribution is 1.06. The number of rotatable bonds is 1. The summed E-state index contributed by atoms with van der Waals surface area (Å²) in [7, 11) is 0. The quantitative estimate of drug-likeness (QED) is 0.605. The molecule has 0 aromatic carbocycles. The Morgan fingerprint density at radius 3 is 2.79 bits per heavy atom. The molecule has 0 aliphatic heterocycles. The third-order valence-electron chi connectivity index (χ3n) is 1.98. The zero-order chi connectivity index (χ0) is 9.38. The van der Waals surface area contributed by atoms with Crippen LogP contribution in [0.1, 0.15) is 0 Å². The van der Waals surface area contributed by atoms with Gasteiger partial charge in [0.15, 0.2) is 5.13 Å². The number of nitrogens with zero attached hydrogens (tertiary/aromatic N) is 3. The summed E-state index contributed by atoms with van der Waals surface area (Å²) in [6.07, 6.45) is 5.76. The molecule has 14 heavy (non-hydrogen) atoms. The molecule has 0 aliphatic carbocycles. The standard InChI is InChI=1S/C10H7N3S/c1-2-7-13(6-1)10-12-8-4-3-5-11-9(8)14-10/h1-7H. The predicted molar refractivity (Wildman–Crippen MR) is 56.7 cm³/mol. The Labute approximate surface area is 84.7 Å².